The van der Waals surface area contributed by atoms with Gasteiger partial charge in [0.1, 0.15) is 6.04 Å². The van der Waals surface area contributed by atoms with E-state index in [4.69, 9.17) is 16.6 Å². The predicted octanol–water partition coefficient (Wildman–Crippen LogP) is -2.01. The van der Waals surface area contributed by atoms with Crippen LogP contribution >= 0.6 is 0 Å². The van der Waals surface area contributed by atoms with E-state index >= 15 is 0 Å². The lowest BCUT2D eigenvalue weighted by Crippen LogP contribution is -2.53. The van der Waals surface area contributed by atoms with Gasteiger partial charge in [0, 0.05) is 26.2 Å². The lowest BCUT2D eigenvalue weighted by Gasteiger charge is -2.29. The number of piperidine rings is 1. The van der Waals surface area contributed by atoms with Crippen molar-refractivity contribution in [3.8, 4) is 0 Å². The van der Waals surface area contributed by atoms with Gasteiger partial charge in [0.15, 0.2) is 0 Å². The van der Waals surface area contributed by atoms with Gasteiger partial charge in [0.25, 0.3) is 0 Å². The quantitative estimate of drug-likeness (QED) is 0.314. The monoisotopic (exact) mass is 329 g/mol. The zero-order chi connectivity index (χ0) is 17.1. The Kier molecular flexibility index (Phi) is 9.77. The van der Waals surface area contributed by atoms with E-state index in [2.05, 4.69) is 10.6 Å². The molecule has 7 N–H and O–H groups in total. The van der Waals surface area contributed by atoms with Gasteiger partial charge in [-0.05, 0) is 38.8 Å². The summed E-state index contributed by atoms with van der Waals surface area (Å²) < 4.78 is 0. The molecule has 1 rings (SSSR count). The molecule has 0 bridgehead atoms. The van der Waals surface area contributed by atoms with Crippen molar-refractivity contribution < 1.29 is 14.7 Å². The lowest BCUT2D eigenvalue weighted by molar-refractivity contribution is -0.138. The van der Waals surface area contributed by atoms with Crippen LogP contribution in [0, 0.1) is 5.92 Å². The zero-order valence-electron chi connectivity index (χ0n) is 13.8. The second kappa shape index (κ2) is 11.3. The van der Waals surface area contributed by atoms with Crippen LogP contribution in [0.5, 0.6) is 0 Å². The molecule has 0 saturated carbocycles. The van der Waals surface area contributed by atoms with Crippen molar-refractivity contribution in [2.45, 2.75) is 31.7 Å². The number of hydrogen-bond donors (Lipinski definition) is 5. The number of carbonyl (C=O) groups is 2. The summed E-state index contributed by atoms with van der Waals surface area (Å²) in [5, 5.41) is 15.2. The maximum atomic E-state index is 12.6. The fourth-order valence-corrected chi connectivity index (χ4v) is 2.77. The average molecular weight is 329 g/mol. The molecular formula is C15H31N5O3. The first-order valence-corrected chi connectivity index (χ1v) is 8.44. The maximum absolute atomic E-state index is 12.6. The number of carbonyl (C=O) groups excluding carboxylic acids is 2. The number of aliphatic hydroxyl groups is 1. The largest absolute Gasteiger partial charge is 0.395 e. The van der Waals surface area contributed by atoms with Gasteiger partial charge in [-0.3, -0.25) is 9.59 Å². The van der Waals surface area contributed by atoms with Gasteiger partial charge in [-0.15, -0.1) is 0 Å². The topological polar surface area (TPSA) is 134 Å². The van der Waals surface area contributed by atoms with E-state index in [-0.39, 0.29) is 30.9 Å². The summed E-state index contributed by atoms with van der Waals surface area (Å²) in [7, 11) is 0. The van der Waals surface area contributed by atoms with Gasteiger partial charge in [0.2, 0.25) is 11.8 Å². The molecule has 2 amide bonds. The van der Waals surface area contributed by atoms with E-state index in [1.165, 1.54) is 4.90 Å². The summed E-state index contributed by atoms with van der Waals surface area (Å²) >= 11 is 0. The van der Waals surface area contributed by atoms with Crippen LogP contribution in [-0.2, 0) is 9.59 Å². The third-order valence-electron chi connectivity index (χ3n) is 4.06. The van der Waals surface area contributed by atoms with E-state index in [0.29, 0.717) is 39.0 Å². The Labute approximate surface area is 137 Å². The molecule has 1 aliphatic rings. The molecule has 0 aromatic rings. The van der Waals surface area contributed by atoms with Crippen molar-refractivity contribution in [1.82, 2.24) is 15.5 Å². The highest BCUT2D eigenvalue weighted by molar-refractivity contribution is 5.88. The summed E-state index contributed by atoms with van der Waals surface area (Å²) in [6.45, 7) is 2.80. The Morgan fingerprint density at radius 2 is 2.09 bits per heavy atom. The first-order chi connectivity index (χ1) is 11.1. The third kappa shape index (κ3) is 6.82. The minimum Gasteiger partial charge on any atom is -0.395 e. The van der Waals surface area contributed by atoms with Crippen molar-refractivity contribution in [2.24, 2.45) is 17.4 Å². The Morgan fingerprint density at radius 3 is 2.65 bits per heavy atom. The second-order valence-corrected chi connectivity index (χ2v) is 5.87. The third-order valence-corrected chi connectivity index (χ3v) is 4.06. The van der Waals surface area contributed by atoms with Crippen molar-refractivity contribution in [2.75, 3.05) is 45.9 Å². The van der Waals surface area contributed by atoms with Crippen LogP contribution in [0.1, 0.15) is 25.7 Å². The van der Waals surface area contributed by atoms with Crippen LogP contribution < -0.4 is 22.1 Å². The van der Waals surface area contributed by atoms with E-state index in [1.54, 1.807) is 0 Å². The standard InChI is InChI=1S/C15H31N5O3/c16-5-1-4-13(15(23)20(8-6-17)9-10-21)19-14(22)12-3-2-7-18-11-12/h12-13,18,21H,1-11,16-17H2,(H,19,22)/t12?,13-/m0/s1. The van der Waals surface area contributed by atoms with Crippen LogP contribution in [-0.4, -0.2) is 73.7 Å². The van der Waals surface area contributed by atoms with Gasteiger partial charge in [0.05, 0.1) is 12.5 Å². The first kappa shape index (κ1) is 19.8. The number of nitrogens with one attached hydrogen (secondary N) is 2. The van der Waals surface area contributed by atoms with E-state index in [9.17, 15) is 9.59 Å². The van der Waals surface area contributed by atoms with Gasteiger partial charge < -0.3 is 32.1 Å². The molecule has 0 radical (unpaired) electrons. The fourth-order valence-electron chi connectivity index (χ4n) is 2.77. The molecule has 1 saturated heterocycles. The highest BCUT2D eigenvalue weighted by Crippen LogP contribution is 2.11. The zero-order valence-corrected chi connectivity index (χ0v) is 13.8. The predicted molar refractivity (Wildman–Crippen MR) is 88.5 cm³/mol. The van der Waals surface area contributed by atoms with Crippen molar-refractivity contribution in [3.63, 3.8) is 0 Å². The summed E-state index contributed by atoms with van der Waals surface area (Å²) in [5.41, 5.74) is 11.1. The number of nitrogens with zero attached hydrogens (tertiary/aromatic N) is 1. The number of nitrogens with two attached hydrogens (primary N) is 2. The van der Waals surface area contributed by atoms with Crippen LogP contribution in [0.3, 0.4) is 0 Å². The van der Waals surface area contributed by atoms with Gasteiger partial charge in [-0.2, -0.15) is 0 Å². The van der Waals surface area contributed by atoms with Crippen LogP contribution in [0.4, 0.5) is 0 Å². The van der Waals surface area contributed by atoms with E-state index < -0.39 is 6.04 Å². The molecule has 0 aliphatic carbocycles. The highest BCUT2D eigenvalue weighted by atomic mass is 16.3. The number of aliphatic hydroxyl groups excluding tert-OH is 1. The van der Waals surface area contributed by atoms with E-state index in [1.807, 2.05) is 0 Å². The molecule has 1 fully saturated rings. The normalized spacial score (nSPS) is 19.2. The minimum atomic E-state index is -0.605. The highest BCUT2D eigenvalue weighted by Gasteiger charge is 2.28. The number of hydrogen-bond acceptors (Lipinski definition) is 6. The molecule has 1 aliphatic heterocycles. The lowest BCUT2D eigenvalue weighted by atomic mass is 9.98. The van der Waals surface area contributed by atoms with Crippen molar-refractivity contribution >= 4 is 11.8 Å². The first-order valence-electron chi connectivity index (χ1n) is 8.44. The Morgan fingerprint density at radius 1 is 1.30 bits per heavy atom. The Balaban J connectivity index is 2.68. The van der Waals surface area contributed by atoms with Gasteiger partial charge >= 0.3 is 0 Å². The molecule has 23 heavy (non-hydrogen) atoms. The molecule has 1 heterocycles. The van der Waals surface area contributed by atoms with Gasteiger partial charge in [-0.25, -0.2) is 0 Å². The molecule has 0 aromatic heterocycles. The summed E-state index contributed by atoms with van der Waals surface area (Å²) in [4.78, 5) is 26.5. The molecule has 1 unspecified atom stereocenters. The molecule has 2 atom stereocenters. The molecule has 134 valence electrons. The van der Waals surface area contributed by atoms with Crippen LogP contribution in [0.25, 0.3) is 0 Å². The van der Waals surface area contributed by atoms with Crippen LogP contribution in [0.15, 0.2) is 0 Å². The fraction of sp³-hybridized carbons (Fsp3) is 0.867. The second-order valence-electron chi connectivity index (χ2n) is 5.87. The Hall–Kier alpha value is -1.22. The molecule has 0 spiro atoms. The summed E-state index contributed by atoms with van der Waals surface area (Å²) in [6.07, 6.45) is 2.94. The molecule has 0 aromatic carbocycles. The van der Waals surface area contributed by atoms with Crippen LogP contribution in [0.2, 0.25) is 0 Å². The summed E-state index contributed by atoms with van der Waals surface area (Å²) in [6, 6.07) is -0.605. The maximum Gasteiger partial charge on any atom is 0.245 e. The Bertz CT molecular complexity index is 355. The minimum absolute atomic E-state index is 0.0933. The smallest absolute Gasteiger partial charge is 0.245 e. The van der Waals surface area contributed by atoms with Crippen molar-refractivity contribution in [1.29, 1.82) is 0 Å². The van der Waals surface area contributed by atoms with E-state index in [0.717, 1.165) is 19.4 Å². The molecule has 8 nitrogen and oxygen atoms in total. The van der Waals surface area contributed by atoms with Gasteiger partial charge in [-0.1, -0.05) is 0 Å². The number of amides is 2. The van der Waals surface area contributed by atoms with Crippen molar-refractivity contribution in [3.05, 3.63) is 0 Å². The molecule has 8 heteroatoms. The summed E-state index contributed by atoms with van der Waals surface area (Å²) in [5.74, 6) is -0.392. The molecular weight excluding hydrogens is 298 g/mol. The average Bonchev–Trinajstić information content (AvgIpc) is 2.58. The SMILES string of the molecule is NCCC[C@H](NC(=O)C1CCCNC1)C(=O)N(CCN)CCO. The number of rotatable bonds is 10.